The van der Waals surface area contributed by atoms with Gasteiger partial charge in [0.25, 0.3) is 0 Å². The summed E-state index contributed by atoms with van der Waals surface area (Å²) in [4.78, 5) is 14.7. The molecule has 6 nitrogen and oxygen atoms in total. The van der Waals surface area contributed by atoms with Gasteiger partial charge in [-0.3, -0.25) is 0 Å². The molecule has 0 unspecified atom stereocenters. The van der Waals surface area contributed by atoms with Gasteiger partial charge in [0.15, 0.2) is 11.5 Å². The van der Waals surface area contributed by atoms with Crippen LogP contribution in [0, 0.1) is 6.92 Å². The second-order valence-corrected chi connectivity index (χ2v) is 5.07. The highest BCUT2D eigenvalue weighted by atomic mass is 35.5. The lowest BCUT2D eigenvalue weighted by Gasteiger charge is -2.16. The van der Waals surface area contributed by atoms with E-state index in [0.717, 1.165) is 0 Å². The van der Waals surface area contributed by atoms with Crippen molar-refractivity contribution in [2.24, 2.45) is 0 Å². The largest absolute Gasteiger partial charge is 0.493 e. The number of hydrogen-bond acceptors (Lipinski definition) is 5. The van der Waals surface area contributed by atoms with Crippen molar-refractivity contribution in [3.63, 3.8) is 0 Å². The van der Waals surface area contributed by atoms with Crippen LogP contribution in [0.15, 0.2) is 12.1 Å². The number of benzene rings is 1. The van der Waals surface area contributed by atoms with Crippen LogP contribution < -0.4 is 14.2 Å². The Balaban J connectivity index is 2.73. The molecule has 2 rings (SSSR count). The predicted molar refractivity (Wildman–Crippen MR) is 87.0 cm³/mol. The normalized spacial score (nSPS) is 10.3. The van der Waals surface area contributed by atoms with Gasteiger partial charge in [-0.1, -0.05) is 11.6 Å². The van der Waals surface area contributed by atoms with Gasteiger partial charge in [0, 0.05) is 16.8 Å². The van der Waals surface area contributed by atoms with Crippen molar-refractivity contribution in [2.75, 3.05) is 28.4 Å². The zero-order valence-electron chi connectivity index (χ0n) is 13.6. The molecule has 1 aromatic heterocycles. The third-order valence-corrected chi connectivity index (χ3v) is 3.87. The van der Waals surface area contributed by atoms with Crippen molar-refractivity contribution in [1.82, 2.24) is 4.98 Å². The van der Waals surface area contributed by atoms with Crippen LogP contribution in [0.2, 0.25) is 5.02 Å². The van der Waals surface area contributed by atoms with E-state index in [0.29, 0.717) is 34.1 Å². The second kappa shape index (κ2) is 6.83. The zero-order chi connectivity index (χ0) is 17.1. The first-order valence-corrected chi connectivity index (χ1v) is 7.13. The number of halogens is 1. The number of carbonyl (C=O) groups excluding carboxylic acids is 1. The monoisotopic (exact) mass is 339 g/mol. The number of aryl methyl sites for hydroxylation is 1. The van der Waals surface area contributed by atoms with Crippen molar-refractivity contribution < 1.29 is 23.7 Å². The van der Waals surface area contributed by atoms with E-state index in [4.69, 9.17) is 30.5 Å². The van der Waals surface area contributed by atoms with Gasteiger partial charge in [0.1, 0.15) is 5.69 Å². The summed E-state index contributed by atoms with van der Waals surface area (Å²) in [5.41, 5.74) is 2.23. The zero-order valence-corrected chi connectivity index (χ0v) is 14.3. The number of nitrogens with one attached hydrogen (secondary N) is 1. The Morgan fingerprint density at radius 3 is 2.22 bits per heavy atom. The molecule has 0 atom stereocenters. The van der Waals surface area contributed by atoms with E-state index in [1.54, 1.807) is 19.2 Å². The smallest absolute Gasteiger partial charge is 0.356 e. The molecule has 0 saturated carbocycles. The van der Waals surface area contributed by atoms with E-state index in [2.05, 4.69) is 4.98 Å². The Hall–Kier alpha value is -2.34. The highest BCUT2D eigenvalue weighted by molar-refractivity contribution is 6.36. The lowest BCUT2D eigenvalue weighted by molar-refractivity contribution is 0.0595. The third kappa shape index (κ3) is 2.82. The maximum Gasteiger partial charge on any atom is 0.356 e. The molecule has 0 amide bonds. The average Bonchev–Trinajstić information content (AvgIpc) is 2.86. The van der Waals surface area contributed by atoms with E-state index in [9.17, 15) is 4.79 Å². The van der Waals surface area contributed by atoms with E-state index < -0.39 is 5.97 Å². The molecule has 124 valence electrons. The summed E-state index contributed by atoms with van der Waals surface area (Å²) in [6.45, 7) is 1.81. The first-order valence-electron chi connectivity index (χ1n) is 6.75. The summed E-state index contributed by atoms with van der Waals surface area (Å²) in [6.07, 6.45) is 0. The first-order chi connectivity index (χ1) is 11.0. The average molecular weight is 340 g/mol. The van der Waals surface area contributed by atoms with Gasteiger partial charge < -0.3 is 23.9 Å². The number of ether oxygens (including phenoxy) is 4. The van der Waals surface area contributed by atoms with Crippen LogP contribution in [0.4, 0.5) is 0 Å². The van der Waals surface area contributed by atoms with E-state index in [1.165, 1.54) is 21.3 Å². The number of aromatic nitrogens is 1. The second-order valence-electron chi connectivity index (χ2n) is 4.69. The van der Waals surface area contributed by atoms with Gasteiger partial charge in [-0.15, -0.1) is 0 Å². The quantitative estimate of drug-likeness (QED) is 0.845. The molecular formula is C16H18ClNO5. The minimum absolute atomic E-state index is 0.193. The van der Waals surface area contributed by atoms with Crippen molar-refractivity contribution in [1.29, 1.82) is 0 Å². The molecule has 1 aromatic carbocycles. The van der Waals surface area contributed by atoms with Crippen LogP contribution in [0.5, 0.6) is 17.2 Å². The van der Waals surface area contributed by atoms with Gasteiger partial charge in [-0.2, -0.15) is 0 Å². The number of methoxy groups -OCH3 is 4. The molecule has 1 N–H and O–H groups in total. The summed E-state index contributed by atoms with van der Waals surface area (Å²) < 4.78 is 20.9. The number of carbonyl (C=O) groups is 1. The minimum atomic E-state index is -0.538. The minimum Gasteiger partial charge on any atom is -0.493 e. The summed E-state index contributed by atoms with van der Waals surface area (Å²) >= 11 is 6.38. The summed E-state index contributed by atoms with van der Waals surface area (Å²) in [5.74, 6) is 0.908. The number of rotatable bonds is 5. The lowest BCUT2D eigenvalue weighted by atomic mass is 10.0. The van der Waals surface area contributed by atoms with Crippen LogP contribution in [0.25, 0.3) is 11.1 Å². The molecule has 0 bridgehead atoms. The SMILES string of the molecule is COC(=O)c1[nH]c(C)c(-c2ccc(OC)c(OC)c2OC)c1Cl. The van der Waals surface area contributed by atoms with Crippen molar-refractivity contribution in [3.8, 4) is 28.4 Å². The summed E-state index contributed by atoms with van der Waals surface area (Å²) in [5, 5.41) is 0.264. The molecule has 23 heavy (non-hydrogen) atoms. The van der Waals surface area contributed by atoms with E-state index in [1.807, 2.05) is 6.92 Å². The molecular weight excluding hydrogens is 322 g/mol. The van der Waals surface area contributed by atoms with Crippen LogP contribution in [-0.4, -0.2) is 39.4 Å². The highest BCUT2D eigenvalue weighted by Crippen LogP contribution is 2.47. The third-order valence-electron chi connectivity index (χ3n) is 3.49. The Morgan fingerprint density at radius 2 is 1.70 bits per heavy atom. The fourth-order valence-corrected chi connectivity index (χ4v) is 2.82. The van der Waals surface area contributed by atoms with Crippen molar-refractivity contribution >= 4 is 17.6 Å². The van der Waals surface area contributed by atoms with Crippen molar-refractivity contribution in [3.05, 3.63) is 28.5 Å². The van der Waals surface area contributed by atoms with Crippen LogP contribution >= 0.6 is 11.6 Å². The summed E-state index contributed by atoms with van der Waals surface area (Å²) in [7, 11) is 5.89. The fourth-order valence-electron chi connectivity index (χ4n) is 2.46. The molecule has 0 saturated heterocycles. The molecule has 0 fully saturated rings. The Labute approximate surface area is 139 Å². The maximum atomic E-state index is 11.8. The Kier molecular flexibility index (Phi) is 5.05. The van der Waals surface area contributed by atoms with Crippen LogP contribution in [-0.2, 0) is 4.74 Å². The van der Waals surface area contributed by atoms with E-state index >= 15 is 0 Å². The van der Waals surface area contributed by atoms with Gasteiger partial charge in [0.05, 0.1) is 33.5 Å². The number of H-pyrrole nitrogens is 1. The highest BCUT2D eigenvalue weighted by Gasteiger charge is 2.25. The number of aromatic amines is 1. The maximum absolute atomic E-state index is 11.8. The predicted octanol–water partition coefficient (Wildman–Crippen LogP) is 3.46. The van der Waals surface area contributed by atoms with Gasteiger partial charge in [0.2, 0.25) is 5.75 Å². The Morgan fingerprint density at radius 1 is 1.04 bits per heavy atom. The van der Waals surface area contributed by atoms with Gasteiger partial charge in [-0.05, 0) is 19.1 Å². The topological polar surface area (TPSA) is 69.8 Å². The fraction of sp³-hybridized carbons (Fsp3) is 0.312. The molecule has 0 spiro atoms. The van der Waals surface area contributed by atoms with Crippen molar-refractivity contribution in [2.45, 2.75) is 6.92 Å². The Bertz CT molecular complexity index is 739. The first kappa shape index (κ1) is 17.0. The molecule has 0 aliphatic heterocycles. The number of hydrogen-bond donors (Lipinski definition) is 1. The molecule has 1 heterocycles. The summed E-state index contributed by atoms with van der Waals surface area (Å²) in [6, 6.07) is 3.54. The van der Waals surface area contributed by atoms with E-state index in [-0.39, 0.29) is 10.7 Å². The van der Waals surface area contributed by atoms with Crippen LogP contribution in [0.1, 0.15) is 16.2 Å². The van der Waals surface area contributed by atoms with Crippen LogP contribution in [0.3, 0.4) is 0 Å². The molecule has 0 aliphatic carbocycles. The molecule has 0 radical (unpaired) electrons. The molecule has 2 aromatic rings. The standard InChI is InChI=1S/C16H18ClNO5/c1-8-11(12(17)13(18-8)16(19)23-5)9-6-7-10(20-2)15(22-4)14(9)21-3/h6-7,18H,1-5H3. The van der Waals surface area contributed by atoms with Gasteiger partial charge in [-0.25, -0.2) is 4.79 Å². The number of esters is 1. The molecule has 0 aliphatic rings. The molecule has 7 heteroatoms. The lowest BCUT2D eigenvalue weighted by Crippen LogP contribution is -2.02. The van der Waals surface area contributed by atoms with Gasteiger partial charge >= 0.3 is 5.97 Å².